The van der Waals surface area contributed by atoms with Crippen LogP contribution in [0.5, 0.6) is 0 Å². The molecule has 2 heterocycles. The normalized spacial score (nSPS) is 17.3. The van der Waals surface area contributed by atoms with Crippen molar-refractivity contribution in [3.63, 3.8) is 0 Å². The van der Waals surface area contributed by atoms with Gasteiger partial charge in [0.15, 0.2) is 0 Å². The van der Waals surface area contributed by atoms with Crippen LogP contribution in [0.2, 0.25) is 0 Å². The maximum Gasteiger partial charge on any atom is 0.414 e. The summed E-state index contributed by atoms with van der Waals surface area (Å²) in [6.07, 6.45) is -1.56. The van der Waals surface area contributed by atoms with Gasteiger partial charge in [0, 0.05) is 44.9 Å². The third-order valence-electron chi connectivity index (χ3n) is 10.5. The molecule has 0 aromatic heterocycles. The van der Waals surface area contributed by atoms with E-state index in [0.29, 0.717) is 25.9 Å². The van der Waals surface area contributed by atoms with Crippen LogP contribution in [0.1, 0.15) is 92.7 Å². The number of nitrogens with one attached hydrogen (secondary N) is 4. The summed E-state index contributed by atoms with van der Waals surface area (Å²) in [6.45, 7) is 16.4. The van der Waals surface area contributed by atoms with Gasteiger partial charge in [0.2, 0.25) is 23.7 Å². The third kappa shape index (κ3) is 16.3. The molecule has 2 fully saturated rings. The lowest BCUT2D eigenvalue weighted by Crippen LogP contribution is -2.55. The second-order valence-electron chi connectivity index (χ2n) is 19.6. The number of carbonyl (C=O) groups is 6. The van der Waals surface area contributed by atoms with Crippen molar-refractivity contribution in [2.75, 3.05) is 32.7 Å². The molecule has 17 nitrogen and oxygen atoms in total. The zero-order valence-electron chi connectivity index (χ0n) is 39.7. The summed E-state index contributed by atoms with van der Waals surface area (Å²) in [5.74, 6) is -1.94. The Balaban J connectivity index is 1.33. The molecule has 0 unspecified atom stereocenters. The van der Waals surface area contributed by atoms with Crippen molar-refractivity contribution in [1.82, 2.24) is 31.1 Å². The Morgan fingerprint density at radius 1 is 0.712 bits per heavy atom. The summed E-state index contributed by atoms with van der Waals surface area (Å²) in [6, 6.07) is 21.4. The van der Waals surface area contributed by atoms with E-state index in [9.17, 15) is 28.8 Å². The van der Waals surface area contributed by atoms with Crippen molar-refractivity contribution in [3.05, 3.63) is 83.9 Å². The molecule has 5 rings (SSSR count). The molecule has 0 saturated carbocycles. The van der Waals surface area contributed by atoms with Gasteiger partial charge in [-0.15, -0.1) is 0 Å². The van der Waals surface area contributed by atoms with Crippen LogP contribution in [-0.4, -0.2) is 119 Å². The first-order chi connectivity index (χ1) is 31.0. The van der Waals surface area contributed by atoms with Crippen LogP contribution in [0, 0.1) is 5.92 Å². The molecular formula is C49H67N7O10. The predicted molar refractivity (Wildman–Crippen MR) is 249 cm³/mol. The second kappa shape index (κ2) is 22.3. The van der Waals surface area contributed by atoms with E-state index in [4.69, 9.17) is 18.9 Å². The number of amides is 6. The van der Waals surface area contributed by atoms with E-state index in [0.717, 1.165) is 21.9 Å². The number of guanidine groups is 1. The fraction of sp³-hybridized carbons (Fsp3) is 0.531. The number of aliphatic imine (C=N–C) groups is 1. The molecule has 3 aromatic rings. The first kappa shape index (κ1) is 50.8. The molecule has 66 heavy (non-hydrogen) atoms. The second-order valence-corrected chi connectivity index (χ2v) is 19.6. The molecular weight excluding hydrogens is 847 g/mol. The summed E-state index contributed by atoms with van der Waals surface area (Å²) < 4.78 is 22.6. The smallest absolute Gasteiger partial charge is 0.414 e. The van der Waals surface area contributed by atoms with E-state index >= 15 is 0 Å². The van der Waals surface area contributed by atoms with Crippen molar-refractivity contribution < 1.29 is 47.7 Å². The van der Waals surface area contributed by atoms with Crippen LogP contribution in [0.4, 0.5) is 14.4 Å². The van der Waals surface area contributed by atoms with Crippen molar-refractivity contribution in [2.24, 2.45) is 10.9 Å². The van der Waals surface area contributed by atoms with Crippen molar-refractivity contribution in [1.29, 1.82) is 0 Å². The lowest BCUT2D eigenvalue weighted by molar-refractivity contribution is -0.142. The molecule has 3 atom stereocenters. The van der Waals surface area contributed by atoms with Crippen molar-refractivity contribution >= 4 is 52.7 Å². The van der Waals surface area contributed by atoms with E-state index in [1.54, 1.807) is 67.2 Å². The molecule has 4 N–H and O–H groups in total. The number of hydrogen-bond donors (Lipinski definition) is 4. The number of nitrogens with zero attached hydrogens (tertiary/aromatic N) is 3. The number of carbonyl (C=O) groups excluding carboxylic acids is 6. The van der Waals surface area contributed by atoms with Gasteiger partial charge in [0.05, 0.1) is 19.3 Å². The monoisotopic (exact) mass is 913 g/mol. The van der Waals surface area contributed by atoms with Crippen LogP contribution in [0.25, 0.3) is 10.8 Å². The number of benzene rings is 3. The van der Waals surface area contributed by atoms with E-state index in [1.807, 2.05) is 72.8 Å². The van der Waals surface area contributed by atoms with Gasteiger partial charge >= 0.3 is 18.3 Å². The quantitative estimate of drug-likeness (QED) is 0.0699. The maximum atomic E-state index is 14.8. The van der Waals surface area contributed by atoms with Gasteiger partial charge in [-0.05, 0) is 103 Å². The van der Waals surface area contributed by atoms with Gasteiger partial charge in [0.25, 0.3) is 0 Å². The molecule has 0 radical (unpaired) electrons. The highest BCUT2D eigenvalue weighted by molar-refractivity contribution is 6.01. The Morgan fingerprint density at radius 3 is 1.91 bits per heavy atom. The molecule has 17 heteroatoms. The summed E-state index contributed by atoms with van der Waals surface area (Å²) in [4.78, 5) is 88.3. The Hall–Kier alpha value is -6.23. The zero-order valence-corrected chi connectivity index (χ0v) is 39.7. The van der Waals surface area contributed by atoms with Crippen LogP contribution < -0.4 is 21.3 Å². The Labute approximate surface area is 387 Å². The molecule has 2 aliphatic rings. The summed E-state index contributed by atoms with van der Waals surface area (Å²) >= 11 is 0. The average Bonchev–Trinajstić information content (AvgIpc) is 3.66. The number of fused-ring (bicyclic) bond motifs is 1. The van der Waals surface area contributed by atoms with E-state index in [2.05, 4.69) is 26.3 Å². The van der Waals surface area contributed by atoms with E-state index < -0.39 is 71.0 Å². The Morgan fingerprint density at radius 2 is 1.30 bits per heavy atom. The SMILES string of the molecule is CC(C)(C)OC(=O)NC(=NCCNC(=O)[C@H]1C[C@@H](OCc2ccc3ccccc3c2)CN1C(=O)[C@@H](Cc1ccccc1)NC(=O)C1CCN(C(=O)OC(C)(C)C)CC1)NC(=O)OC(C)(C)C. The topological polar surface area (TPSA) is 206 Å². The molecule has 358 valence electrons. The zero-order chi connectivity index (χ0) is 48.2. The standard InChI is InChI=1S/C49H67N7O10/c1-47(2,3)64-44(60)53-43(54-45(61)65-48(4,5)6)51-24-23-50-41(58)39-29-37(63-31-33-19-20-34-17-13-14-18-36(34)27-33)30-56(39)42(59)38(28-32-15-11-10-12-16-32)52-40(57)35-21-25-55(26-22-35)46(62)66-49(7,8)9/h10-20,27,35,37-39H,21-26,28-31H2,1-9H3,(H,50,58)(H,52,57)(H2,51,53,54,60,61)/t37-,38-,39-/m1/s1. The highest BCUT2D eigenvalue weighted by atomic mass is 16.6. The fourth-order valence-corrected chi connectivity index (χ4v) is 7.52. The number of likely N-dealkylation sites (tertiary alicyclic amines) is 2. The largest absolute Gasteiger partial charge is 0.444 e. The average molecular weight is 914 g/mol. The van der Waals surface area contributed by atoms with E-state index in [1.165, 1.54) is 4.90 Å². The lowest BCUT2D eigenvalue weighted by Gasteiger charge is -2.34. The highest BCUT2D eigenvalue weighted by Gasteiger charge is 2.43. The predicted octanol–water partition coefficient (Wildman–Crippen LogP) is 6.22. The molecule has 6 amide bonds. The first-order valence-electron chi connectivity index (χ1n) is 22.6. The van der Waals surface area contributed by atoms with Crippen LogP contribution in [0.15, 0.2) is 77.8 Å². The number of rotatable bonds is 12. The number of piperidine rings is 1. The van der Waals surface area contributed by atoms with E-state index in [-0.39, 0.29) is 50.9 Å². The fourth-order valence-electron chi connectivity index (χ4n) is 7.52. The van der Waals surface area contributed by atoms with Crippen molar-refractivity contribution in [2.45, 2.75) is 130 Å². The van der Waals surface area contributed by atoms with Gasteiger partial charge < -0.3 is 39.4 Å². The number of alkyl carbamates (subject to hydrolysis) is 2. The van der Waals surface area contributed by atoms with Gasteiger partial charge in [-0.1, -0.05) is 66.7 Å². The van der Waals surface area contributed by atoms with Gasteiger partial charge in [0.1, 0.15) is 28.9 Å². The Bertz CT molecular complexity index is 2170. The minimum Gasteiger partial charge on any atom is -0.444 e. The number of hydrogen-bond acceptors (Lipinski definition) is 11. The molecule has 2 aliphatic heterocycles. The minimum absolute atomic E-state index is 0.0400. The van der Waals surface area contributed by atoms with Gasteiger partial charge in [-0.2, -0.15) is 0 Å². The third-order valence-corrected chi connectivity index (χ3v) is 10.5. The first-order valence-corrected chi connectivity index (χ1v) is 22.6. The van der Waals surface area contributed by atoms with Crippen LogP contribution >= 0.6 is 0 Å². The maximum absolute atomic E-state index is 14.8. The van der Waals surface area contributed by atoms with Gasteiger partial charge in [-0.3, -0.25) is 30.0 Å². The molecule has 0 aliphatic carbocycles. The van der Waals surface area contributed by atoms with Gasteiger partial charge in [-0.25, -0.2) is 14.4 Å². The molecule has 0 bridgehead atoms. The lowest BCUT2D eigenvalue weighted by atomic mass is 9.95. The van der Waals surface area contributed by atoms with Crippen LogP contribution in [-0.2, 0) is 46.4 Å². The van der Waals surface area contributed by atoms with Crippen LogP contribution in [0.3, 0.4) is 0 Å². The highest BCUT2D eigenvalue weighted by Crippen LogP contribution is 2.26. The number of ether oxygens (including phenoxy) is 4. The summed E-state index contributed by atoms with van der Waals surface area (Å²) in [5, 5.41) is 12.9. The van der Waals surface area contributed by atoms with Crippen molar-refractivity contribution in [3.8, 4) is 0 Å². The Kier molecular flexibility index (Phi) is 17.2. The summed E-state index contributed by atoms with van der Waals surface area (Å²) in [5.41, 5.74) is -0.574. The molecule has 3 aromatic carbocycles. The molecule has 2 saturated heterocycles. The minimum atomic E-state index is -1.02. The molecule has 0 spiro atoms. The summed E-state index contributed by atoms with van der Waals surface area (Å²) in [7, 11) is 0.